The summed E-state index contributed by atoms with van der Waals surface area (Å²) in [5, 5.41) is 2.91. The van der Waals surface area contributed by atoms with Gasteiger partial charge in [0.25, 0.3) is 0 Å². The fourth-order valence-corrected chi connectivity index (χ4v) is 3.27. The highest BCUT2D eigenvalue weighted by molar-refractivity contribution is 5.87. The zero-order valence-electron chi connectivity index (χ0n) is 16.8. The van der Waals surface area contributed by atoms with Crippen LogP contribution in [0.25, 0.3) is 0 Å². The first-order chi connectivity index (χ1) is 13.5. The molecule has 6 heteroatoms. The average Bonchev–Trinajstić information content (AvgIpc) is 2.72. The van der Waals surface area contributed by atoms with Gasteiger partial charge in [-0.3, -0.25) is 9.59 Å². The van der Waals surface area contributed by atoms with E-state index in [2.05, 4.69) is 5.32 Å². The Morgan fingerprint density at radius 3 is 2.29 bits per heavy atom. The van der Waals surface area contributed by atoms with Crippen molar-refractivity contribution in [3.05, 3.63) is 65.7 Å². The molecule has 28 heavy (non-hydrogen) atoms. The number of carbonyl (C=O) groups is 2. The number of para-hydroxylation sites is 1. The van der Waals surface area contributed by atoms with Gasteiger partial charge in [0.1, 0.15) is 11.8 Å². The number of benzene rings is 2. The molecule has 150 valence electrons. The van der Waals surface area contributed by atoms with Crippen LogP contribution in [-0.2, 0) is 20.9 Å². The molecule has 2 aromatic rings. The Morgan fingerprint density at radius 2 is 1.68 bits per heavy atom. The molecule has 0 heterocycles. The quantitative estimate of drug-likeness (QED) is 0.722. The molecule has 0 saturated heterocycles. The Hall–Kier alpha value is -2.86. The van der Waals surface area contributed by atoms with Crippen molar-refractivity contribution in [3.8, 4) is 5.75 Å². The standard InChI is InChI=1S/C22H28N2O4/c1-16(19-12-8-9-13-21(19)28-4)24(17(2)25)20(15-27-3)22(26)23-14-18-10-6-5-7-11-18/h5-13,16,20H,14-15H2,1-4H3,(H,23,26)/t16-,20-/m1/s1. The van der Waals surface area contributed by atoms with Crippen LogP contribution in [-0.4, -0.2) is 43.6 Å². The highest BCUT2D eigenvalue weighted by Gasteiger charge is 2.33. The molecule has 0 aromatic heterocycles. The van der Waals surface area contributed by atoms with Crippen molar-refractivity contribution in [1.82, 2.24) is 10.2 Å². The summed E-state index contributed by atoms with van der Waals surface area (Å²) < 4.78 is 10.7. The molecular weight excluding hydrogens is 356 g/mol. The predicted molar refractivity (Wildman–Crippen MR) is 108 cm³/mol. The summed E-state index contributed by atoms with van der Waals surface area (Å²) in [6.07, 6.45) is 0. The second-order valence-electron chi connectivity index (χ2n) is 6.52. The highest BCUT2D eigenvalue weighted by Crippen LogP contribution is 2.30. The van der Waals surface area contributed by atoms with Crippen molar-refractivity contribution >= 4 is 11.8 Å². The molecule has 0 bridgehead atoms. The summed E-state index contributed by atoms with van der Waals surface area (Å²) in [6.45, 7) is 3.82. The monoisotopic (exact) mass is 384 g/mol. The molecule has 0 spiro atoms. The van der Waals surface area contributed by atoms with E-state index in [0.717, 1.165) is 11.1 Å². The van der Waals surface area contributed by atoms with Crippen LogP contribution in [0.5, 0.6) is 5.75 Å². The van der Waals surface area contributed by atoms with Crippen LogP contribution in [0, 0.1) is 0 Å². The van der Waals surface area contributed by atoms with Gasteiger partial charge >= 0.3 is 0 Å². The third kappa shape index (κ3) is 5.33. The van der Waals surface area contributed by atoms with E-state index in [9.17, 15) is 9.59 Å². The molecule has 0 unspecified atom stereocenters. The van der Waals surface area contributed by atoms with Gasteiger partial charge in [-0.1, -0.05) is 48.5 Å². The Bertz CT molecular complexity index is 779. The number of hydrogen-bond donors (Lipinski definition) is 1. The minimum atomic E-state index is -0.758. The van der Waals surface area contributed by atoms with Gasteiger partial charge in [0, 0.05) is 26.1 Å². The predicted octanol–water partition coefficient (Wildman–Crippen LogP) is 2.94. The third-order valence-corrected chi connectivity index (χ3v) is 4.64. The Kier molecular flexibility index (Phi) is 8.02. The second kappa shape index (κ2) is 10.5. The van der Waals surface area contributed by atoms with Crippen LogP contribution in [0.15, 0.2) is 54.6 Å². The maximum Gasteiger partial charge on any atom is 0.245 e. The summed E-state index contributed by atoms with van der Waals surface area (Å²) in [6, 6.07) is 16.0. The molecule has 0 fully saturated rings. The minimum Gasteiger partial charge on any atom is -0.496 e. The van der Waals surface area contributed by atoms with Crippen LogP contribution < -0.4 is 10.1 Å². The van der Waals surface area contributed by atoms with Crippen molar-refractivity contribution < 1.29 is 19.1 Å². The number of rotatable bonds is 9. The van der Waals surface area contributed by atoms with Crippen molar-refractivity contribution in [2.75, 3.05) is 20.8 Å². The van der Waals surface area contributed by atoms with Gasteiger partial charge in [-0.2, -0.15) is 0 Å². The second-order valence-corrected chi connectivity index (χ2v) is 6.52. The van der Waals surface area contributed by atoms with Gasteiger partial charge in [-0.15, -0.1) is 0 Å². The molecule has 2 atom stereocenters. The van der Waals surface area contributed by atoms with E-state index >= 15 is 0 Å². The lowest BCUT2D eigenvalue weighted by atomic mass is 10.0. The molecule has 0 saturated carbocycles. The van der Waals surface area contributed by atoms with Gasteiger partial charge in [-0.25, -0.2) is 0 Å². The van der Waals surface area contributed by atoms with Crippen molar-refractivity contribution in [2.45, 2.75) is 32.5 Å². The van der Waals surface area contributed by atoms with E-state index in [1.165, 1.54) is 14.0 Å². The fourth-order valence-electron chi connectivity index (χ4n) is 3.27. The zero-order chi connectivity index (χ0) is 20.5. The Balaban J connectivity index is 2.25. The molecular formula is C22H28N2O4. The van der Waals surface area contributed by atoms with Crippen LogP contribution in [0.1, 0.15) is 31.0 Å². The molecule has 2 aromatic carbocycles. The van der Waals surface area contributed by atoms with Gasteiger partial charge in [0.15, 0.2) is 0 Å². The van der Waals surface area contributed by atoms with E-state index in [4.69, 9.17) is 9.47 Å². The normalized spacial score (nSPS) is 12.7. The molecule has 0 radical (unpaired) electrons. The first kappa shape index (κ1) is 21.4. The van der Waals surface area contributed by atoms with E-state index in [1.807, 2.05) is 61.5 Å². The molecule has 2 rings (SSSR count). The lowest BCUT2D eigenvalue weighted by molar-refractivity contribution is -0.143. The van der Waals surface area contributed by atoms with E-state index in [0.29, 0.717) is 12.3 Å². The van der Waals surface area contributed by atoms with Crippen LogP contribution in [0.4, 0.5) is 0 Å². The molecule has 6 nitrogen and oxygen atoms in total. The smallest absolute Gasteiger partial charge is 0.245 e. The van der Waals surface area contributed by atoms with E-state index in [-0.39, 0.29) is 24.5 Å². The average molecular weight is 384 g/mol. The minimum absolute atomic E-state index is 0.0969. The first-order valence-corrected chi connectivity index (χ1v) is 9.22. The Morgan fingerprint density at radius 1 is 1.04 bits per heavy atom. The largest absolute Gasteiger partial charge is 0.496 e. The zero-order valence-corrected chi connectivity index (χ0v) is 16.8. The lowest BCUT2D eigenvalue weighted by Gasteiger charge is -2.35. The summed E-state index contributed by atoms with van der Waals surface area (Å²) in [7, 11) is 3.10. The van der Waals surface area contributed by atoms with Crippen molar-refractivity contribution in [3.63, 3.8) is 0 Å². The van der Waals surface area contributed by atoms with Gasteiger partial charge in [0.2, 0.25) is 11.8 Å². The number of hydrogen-bond acceptors (Lipinski definition) is 4. The third-order valence-electron chi connectivity index (χ3n) is 4.64. The van der Waals surface area contributed by atoms with Crippen molar-refractivity contribution in [2.24, 2.45) is 0 Å². The molecule has 2 amide bonds. The lowest BCUT2D eigenvalue weighted by Crippen LogP contribution is -2.52. The van der Waals surface area contributed by atoms with Crippen molar-refractivity contribution in [1.29, 1.82) is 0 Å². The number of ether oxygens (including phenoxy) is 2. The van der Waals surface area contributed by atoms with Crippen LogP contribution in [0.3, 0.4) is 0 Å². The summed E-state index contributed by atoms with van der Waals surface area (Å²) in [4.78, 5) is 27.0. The molecule has 0 aliphatic carbocycles. The van der Waals surface area contributed by atoms with Gasteiger partial charge < -0.3 is 19.7 Å². The number of methoxy groups -OCH3 is 2. The van der Waals surface area contributed by atoms with Crippen LogP contribution in [0.2, 0.25) is 0 Å². The number of amides is 2. The molecule has 1 N–H and O–H groups in total. The van der Waals surface area contributed by atoms with E-state index in [1.54, 1.807) is 12.0 Å². The molecule has 0 aliphatic heterocycles. The van der Waals surface area contributed by atoms with Crippen LogP contribution >= 0.6 is 0 Å². The SMILES string of the molecule is COC[C@H](C(=O)NCc1ccccc1)N(C(C)=O)[C@H](C)c1ccccc1OC. The number of nitrogens with zero attached hydrogens (tertiary/aromatic N) is 1. The molecule has 0 aliphatic rings. The Labute approximate surface area is 166 Å². The summed E-state index contributed by atoms with van der Waals surface area (Å²) in [5.41, 5.74) is 1.82. The van der Waals surface area contributed by atoms with E-state index < -0.39 is 6.04 Å². The highest BCUT2D eigenvalue weighted by atomic mass is 16.5. The number of carbonyl (C=O) groups excluding carboxylic acids is 2. The summed E-state index contributed by atoms with van der Waals surface area (Å²) in [5.74, 6) is 0.195. The maximum atomic E-state index is 12.9. The maximum absolute atomic E-state index is 12.9. The van der Waals surface area contributed by atoms with Gasteiger partial charge in [0.05, 0.1) is 19.8 Å². The van der Waals surface area contributed by atoms with Gasteiger partial charge in [-0.05, 0) is 18.6 Å². The topological polar surface area (TPSA) is 67.9 Å². The number of nitrogens with one attached hydrogen (secondary N) is 1. The fraction of sp³-hybridized carbons (Fsp3) is 0.364. The first-order valence-electron chi connectivity index (χ1n) is 9.22. The summed E-state index contributed by atoms with van der Waals surface area (Å²) >= 11 is 0.